The molecule has 8 nitrogen and oxygen atoms in total. The third-order valence-corrected chi connectivity index (χ3v) is 3.69. The Morgan fingerprint density at radius 3 is 2.67 bits per heavy atom. The van der Waals surface area contributed by atoms with E-state index in [-0.39, 0.29) is 17.5 Å². The van der Waals surface area contributed by atoms with Gasteiger partial charge in [0.25, 0.3) is 11.7 Å². The van der Waals surface area contributed by atoms with E-state index >= 15 is 0 Å². The van der Waals surface area contributed by atoms with E-state index in [1.165, 1.54) is 17.0 Å². The number of fused-ring (bicyclic) bond motifs is 1. The van der Waals surface area contributed by atoms with Crippen molar-refractivity contribution < 1.29 is 14.5 Å². The van der Waals surface area contributed by atoms with Crippen LogP contribution in [0.5, 0.6) is 5.75 Å². The van der Waals surface area contributed by atoms with E-state index in [2.05, 4.69) is 4.98 Å². The number of pyridine rings is 1. The molecule has 1 aliphatic rings. The van der Waals surface area contributed by atoms with Crippen molar-refractivity contribution in [2.45, 2.75) is 12.5 Å². The fraction of sp³-hybridized carbons (Fsp3) is 0.250. The van der Waals surface area contributed by atoms with Crippen molar-refractivity contribution in [3.8, 4) is 5.75 Å². The Morgan fingerprint density at radius 1 is 1.25 bits per heavy atom. The van der Waals surface area contributed by atoms with Crippen LogP contribution in [0.3, 0.4) is 0 Å². The number of carbonyl (C=O) groups is 1. The quantitative estimate of drug-likeness (QED) is 0.661. The predicted octanol–water partition coefficient (Wildman–Crippen LogP) is 1.81. The summed E-state index contributed by atoms with van der Waals surface area (Å²) in [5, 5.41) is 11.0. The molecule has 1 aromatic carbocycles. The number of anilines is 1. The molecule has 2 heterocycles. The summed E-state index contributed by atoms with van der Waals surface area (Å²) in [6.45, 7) is 0.716. The number of aromatic nitrogens is 1. The zero-order valence-corrected chi connectivity index (χ0v) is 12.8. The lowest BCUT2D eigenvalue weighted by Crippen LogP contribution is -2.42. The van der Waals surface area contributed by atoms with Gasteiger partial charge < -0.3 is 20.6 Å². The number of rotatable bonds is 5. The lowest BCUT2D eigenvalue weighted by Gasteiger charge is -2.31. The molecule has 3 rings (SSSR count). The van der Waals surface area contributed by atoms with E-state index in [0.29, 0.717) is 30.8 Å². The normalized spacial score (nSPS) is 16.5. The fourth-order valence-electron chi connectivity index (χ4n) is 2.54. The number of nitro groups is 1. The second-order valence-electron chi connectivity index (χ2n) is 5.29. The Balaban J connectivity index is 2.03. The van der Waals surface area contributed by atoms with Gasteiger partial charge >= 0.3 is 5.82 Å². The SMILES string of the molecule is NCCCN1C(=O)C(c2ccccc2)Oc2ccc([N+](=O)[O-])nc21. The first kappa shape index (κ1) is 15.9. The van der Waals surface area contributed by atoms with Gasteiger partial charge in [-0.2, -0.15) is 0 Å². The maximum absolute atomic E-state index is 12.8. The number of hydrogen-bond donors (Lipinski definition) is 1. The van der Waals surface area contributed by atoms with Crippen LogP contribution in [0.2, 0.25) is 0 Å². The predicted molar refractivity (Wildman–Crippen MR) is 86.7 cm³/mol. The highest BCUT2D eigenvalue weighted by Gasteiger charge is 2.39. The van der Waals surface area contributed by atoms with Crippen LogP contribution < -0.4 is 15.4 Å². The highest BCUT2D eigenvalue weighted by atomic mass is 16.6. The molecule has 124 valence electrons. The van der Waals surface area contributed by atoms with Gasteiger partial charge in [-0.05, 0) is 28.9 Å². The molecule has 0 fully saturated rings. The van der Waals surface area contributed by atoms with E-state index in [1.807, 2.05) is 18.2 Å². The van der Waals surface area contributed by atoms with Crippen LogP contribution in [0, 0.1) is 10.1 Å². The van der Waals surface area contributed by atoms with E-state index in [0.717, 1.165) is 0 Å². The molecule has 1 aliphatic heterocycles. The van der Waals surface area contributed by atoms with Crippen molar-refractivity contribution in [3.05, 3.63) is 58.1 Å². The monoisotopic (exact) mass is 328 g/mol. The summed E-state index contributed by atoms with van der Waals surface area (Å²) >= 11 is 0. The van der Waals surface area contributed by atoms with Gasteiger partial charge in [0.1, 0.15) is 0 Å². The number of hydrogen-bond acceptors (Lipinski definition) is 6. The van der Waals surface area contributed by atoms with Crippen LogP contribution >= 0.6 is 0 Å². The van der Waals surface area contributed by atoms with Crippen molar-refractivity contribution >= 4 is 17.5 Å². The minimum absolute atomic E-state index is 0.162. The molecule has 1 unspecified atom stereocenters. The largest absolute Gasteiger partial charge is 0.469 e. The Bertz CT molecular complexity index is 766. The summed E-state index contributed by atoms with van der Waals surface area (Å²) < 4.78 is 5.77. The Hall–Kier alpha value is -3.00. The van der Waals surface area contributed by atoms with Crippen molar-refractivity contribution in [1.82, 2.24) is 4.98 Å². The summed E-state index contributed by atoms with van der Waals surface area (Å²) in [5.74, 6) is -0.142. The molecule has 0 bridgehead atoms. The topological polar surface area (TPSA) is 112 Å². The van der Waals surface area contributed by atoms with Gasteiger partial charge in [0.2, 0.25) is 6.10 Å². The molecule has 1 amide bonds. The van der Waals surface area contributed by atoms with Crippen LogP contribution in [0.25, 0.3) is 0 Å². The smallest absolute Gasteiger partial charge is 0.366 e. The third kappa shape index (κ3) is 2.91. The maximum Gasteiger partial charge on any atom is 0.366 e. The average molecular weight is 328 g/mol. The molecule has 2 N–H and O–H groups in total. The lowest BCUT2D eigenvalue weighted by molar-refractivity contribution is -0.389. The number of benzene rings is 1. The summed E-state index contributed by atoms with van der Waals surface area (Å²) in [5.41, 5.74) is 6.25. The van der Waals surface area contributed by atoms with Gasteiger partial charge in [-0.3, -0.25) is 9.69 Å². The number of nitrogens with two attached hydrogens (primary N) is 1. The molecular formula is C16H16N4O4. The molecule has 0 spiro atoms. The number of nitrogens with zero attached hydrogens (tertiary/aromatic N) is 3. The molecule has 0 radical (unpaired) electrons. The minimum atomic E-state index is -0.806. The number of ether oxygens (including phenoxy) is 1. The maximum atomic E-state index is 12.8. The molecule has 0 saturated heterocycles. The fourth-order valence-corrected chi connectivity index (χ4v) is 2.54. The second kappa shape index (κ2) is 6.63. The van der Waals surface area contributed by atoms with Crippen LogP contribution in [-0.4, -0.2) is 28.9 Å². The Kier molecular flexibility index (Phi) is 4.39. The summed E-state index contributed by atoms with van der Waals surface area (Å²) in [6.07, 6.45) is -0.253. The molecular weight excluding hydrogens is 312 g/mol. The third-order valence-electron chi connectivity index (χ3n) is 3.69. The van der Waals surface area contributed by atoms with E-state index in [4.69, 9.17) is 10.5 Å². The first-order chi connectivity index (χ1) is 11.6. The van der Waals surface area contributed by atoms with Crippen molar-refractivity contribution in [2.75, 3.05) is 18.0 Å². The lowest BCUT2D eigenvalue weighted by atomic mass is 10.1. The first-order valence-corrected chi connectivity index (χ1v) is 7.50. The molecule has 1 aromatic heterocycles. The first-order valence-electron chi connectivity index (χ1n) is 7.50. The highest BCUT2D eigenvalue weighted by molar-refractivity contribution is 5.99. The number of carbonyl (C=O) groups excluding carboxylic acids is 1. The van der Waals surface area contributed by atoms with Crippen molar-refractivity contribution in [2.24, 2.45) is 5.73 Å². The van der Waals surface area contributed by atoms with Crippen LogP contribution in [0.15, 0.2) is 42.5 Å². The van der Waals surface area contributed by atoms with Crippen LogP contribution in [0.1, 0.15) is 18.1 Å². The summed E-state index contributed by atoms with van der Waals surface area (Å²) in [7, 11) is 0. The van der Waals surface area contributed by atoms with Gasteiger partial charge in [0.15, 0.2) is 5.75 Å². The zero-order valence-electron chi connectivity index (χ0n) is 12.8. The standard InChI is InChI=1S/C16H16N4O4/c17-9-4-10-19-15-12(7-8-13(18-15)20(22)23)24-14(16(19)21)11-5-2-1-3-6-11/h1-3,5-8,14H,4,9-10,17H2. The molecule has 0 saturated carbocycles. The zero-order chi connectivity index (χ0) is 17.1. The van der Waals surface area contributed by atoms with Gasteiger partial charge in [-0.15, -0.1) is 0 Å². The molecule has 8 heteroatoms. The molecule has 0 aliphatic carbocycles. The van der Waals surface area contributed by atoms with Crippen LogP contribution in [0.4, 0.5) is 11.6 Å². The van der Waals surface area contributed by atoms with Gasteiger partial charge in [0.05, 0.1) is 0 Å². The highest BCUT2D eigenvalue weighted by Crippen LogP contribution is 2.38. The molecule has 1 atom stereocenters. The molecule has 2 aromatic rings. The van der Waals surface area contributed by atoms with Gasteiger partial charge in [0, 0.05) is 18.2 Å². The van der Waals surface area contributed by atoms with Crippen LogP contribution in [-0.2, 0) is 4.79 Å². The summed E-state index contributed by atoms with van der Waals surface area (Å²) in [4.78, 5) is 28.6. The van der Waals surface area contributed by atoms with Gasteiger partial charge in [-0.25, -0.2) is 0 Å². The van der Waals surface area contributed by atoms with Crippen molar-refractivity contribution in [1.29, 1.82) is 0 Å². The van der Waals surface area contributed by atoms with E-state index in [1.54, 1.807) is 12.1 Å². The van der Waals surface area contributed by atoms with E-state index < -0.39 is 11.0 Å². The minimum Gasteiger partial charge on any atom is -0.469 e. The number of amides is 1. The molecule has 24 heavy (non-hydrogen) atoms. The van der Waals surface area contributed by atoms with Gasteiger partial charge in [-0.1, -0.05) is 30.3 Å². The average Bonchev–Trinajstić information content (AvgIpc) is 2.60. The Labute approximate surface area is 138 Å². The van der Waals surface area contributed by atoms with E-state index in [9.17, 15) is 14.9 Å². The van der Waals surface area contributed by atoms with Crippen molar-refractivity contribution in [3.63, 3.8) is 0 Å². The second-order valence-corrected chi connectivity index (χ2v) is 5.29. The summed E-state index contributed by atoms with van der Waals surface area (Å²) in [6, 6.07) is 11.8. The Morgan fingerprint density at radius 2 is 2.00 bits per heavy atom.